The van der Waals surface area contributed by atoms with Crippen molar-refractivity contribution in [3.63, 3.8) is 0 Å². The van der Waals surface area contributed by atoms with Crippen LogP contribution in [0.15, 0.2) is 30.3 Å². The molecule has 0 aromatic heterocycles. The van der Waals surface area contributed by atoms with Gasteiger partial charge in [0.1, 0.15) is 11.6 Å². The van der Waals surface area contributed by atoms with Crippen LogP contribution in [0.3, 0.4) is 0 Å². The van der Waals surface area contributed by atoms with Crippen LogP contribution in [0.4, 0.5) is 4.79 Å². The highest BCUT2D eigenvalue weighted by atomic mass is 16.6. The summed E-state index contributed by atoms with van der Waals surface area (Å²) in [4.78, 5) is 23.9. The third-order valence-electron chi connectivity index (χ3n) is 2.64. The maximum absolute atomic E-state index is 12.1. The second kappa shape index (κ2) is 7.67. The number of amides is 2. The van der Waals surface area contributed by atoms with Gasteiger partial charge in [-0.05, 0) is 33.3 Å². The van der Waals surface area contributed by atoms with Gasteiger partial charge in [0.2, 0.25) is 5.91 Å². The van der Waals surface area contributed by atoms with Gasteiger partial charge in [-0.2, -0.15) is 0 Å². The van der Waals surface area contributed by atoms with E-state index in [1.807, 2.05) is 37.3 Å². The Bertz CT molecular complexity index is 466. The van der Waals surface area contributed by atoms with Gasteiger partial charge in [0.05, 0.1) is 0 Å². The zero-order valence-corrected chi connectivity index (χ0v) is 13.1. The van der Waals surface area contributed by atoms with Crippen molar-refractivity contribution >= 4 is 12.0 Å². The lowest BCUT2D eigenvalue weighted by atomic mass is 10.1. The number of carbonyl (C=O) groups excluding carboxylic acids is 2. The Labute approximate surface area is 126 Å². The van der Waals surface area contributed by atoms with E-state index in [1.54, 1.807) is 20.8 Å². The molecule has 0 bridgehead atoms. The van der Waals surface area contributed by atoms with Gasteiger partial charge in [-0.15, -0.1) is 0 Å². The predicted molar refractivity (Wildman–Crippen MR) is 82.0 cm³/mol. The van der Waals surface area contributed by atoms with E-state index in [4.69, 9.17) is 4.74 Å². The minimum absolute atomic E-state index is 0.216. The summed E-state index contributed by atoms with van der Waals surface area (Å²) < 4.78 is 5.20. The first-order valence-electron chi connectivity index (χ1n) is 7.13. The van der Waals surface area contributed by atoms with Crippen molar-refractivity contribution in [2.45, 2.75) is 45.8 Å². The lowest BCUT2D eigenvalue weighted by molar-refractivity contribution is -0.123. The topological polar surface area (TPSA) is 67.4 Å². The largest absolute Gasteiger partial charge is 0.444 e. The molecule has 0 aliphatic rings. The Hall–Kier alpha value is -2.04. The van der Waals surface area contributed by atoms with Gasteiger partial charge in [0.15, 0.2) is 0 Å². The number of ether oxygens (including phenoxy) is 1. The van der Waals surface area contributed by atoms with Crippen molar-refractivity contribution in [1.29, 1.82) is 0 Å². The molecule has 1 aromatic rings. The molecule has 1 rings (SSSR count). The van der Waals surface area contributed by atoms with Crippen LogP contribution in [-0.2, 0) is 16.0 Å². The molecule has 0 saturated carbocycles. The molecule has 116 valence electrons. The maximum Gasteiger partial charge on any atom is 0.408 e. The molecule has 0 spiro atoms. The van der Waals surface area contributed by atoms with Crippen LogP contribution >= 0.6 is 0 Å². The second-order valence-electron chi connectivity index (χ2n) is 5.78. The highest BCUT2D eigenvalue weighted by Crippen LogP contribution is 2.08. The molecule has 1 aromatic carbocycles. The predicted octanol–water partition coefficient (Wildman–Crippen LogP) is 2.26. The molecule has 2 N–H and O–H groups in total. The van der Waals surface area contributed by atoms with E-state index in [0.29, 0.717) is 13.0 Å². The van der Waals surface area contributed by atoms with Crippen molar-refractivity contribution in [2.75, 3.05) is 6.54 Å². The minimum Gasteiger partial charge on any atom is -0.444 e. The molecular weight excluding hydrogens is 268 g/mol. The van der Waals surface area contributed by atoms with Gasteiger partial charge in [0, 0.05) is 13.0 Å². The van der Waals surface area contributed by atoms with Crippen LogP contribution in [0.2, 0.25) is 0 Å². The molecule has 0 fully saturated rings. The maximum atomic E-state index is 12.1. The molecule has 0 saturated heterocycles. The summed E-state index contributed by atoms with van der Waals surface area (Å²) in [7, 11) is 0. The monoisotopic (exact) mass is 292 g/mol. The lowest BCUT2D eigenvalue weighted by Crippen LogP contribution is -2.49. The van der Waals surface area contributed by atoms with Crippen LogP contribution < -0.4 is 10.6 Å². The molecule has 21 heavy (non-hydrogen) atoms. The van der Waals surface area contributed by atoms with Crippen LogP contribution in [0, 0.1) is 0 Å². The number of hydrogen-bond donors (Lipinski definition) is 2. The van der Waals surface area contributed by atoms with Gasteiger partial charge < -0.3 is 15.4 Å². The molecule has 1 unspecified atom stereocenters. The SMILES string of the molecule is CCNC(=O)C(Cc1ccccc1)NC(=O)OC(C)(C)C. The van der Waals surface area contributed by atoms with E-state index >= 15 is 0 Å². The highest BCUT2D eigenvalue weighted by Gasteiger charge is 2.24. The summed E-state index contributed by atoms with van der Waals surface area (Å²) in [6.45, 7) is 7.70. The van der Waals surface area contributed by atoms with Crippen LogP contribution in [-0.4, -0.2) is 30.2 Å². The molecule has 5 nitrogen and oxygen atoms in total. The zero-order valence-electron chi connectivity index (χ0n) is 13.1. The average molecular weight is 292 g/mol. The van der Waals surface area contributed by atoms with Crippen molar-refractivity contribution < 1.29 is 14.3 Å². The van der Waals surface area contributed by atoms with Gasteiger partial charge in [-0.1, -0.05) is 30.3 Å². The standard InChI is InChI=1S/C16H24N2O3/c1-5-17-14(19)13(11-12-9-7-6-8-10-12)18-15(20)21-16(2,3)4/h6-10,13H,5,11H2,1-4H3,(H,17,19)(H,18,20). The first kappa shape index (κ1) is 17.0. The first-order valence-corrected chi connectivity index (χ1v) is 7.13. The summed E-state index contributed by atoms with van der Waals surface area (Å²) in [5.74, 6) is -0.216. The smallest absolute Gasteiger partial charge is 0.408 e. The van der Waals surface area contributed by atoms with Crippen molar-refractivity contribution in [3.8, 4) is 0 Å². The Balaban J connectivity index is 2.73. The van der Waals surface area contributed by atoms with E-state index in [1.165, 1.54) is 0 Å². The summed E-state index contributed by atoms with van der Waals surface area (Å²) in [6.07, 6.45) is -0.166. The number of hydrogen-bond acceptors (Lipinski definition) is 3. The summed E-state index contributed by atoms with van der Waals surface area (Å²) >= 11 is 0. The molecule has 5 heteroatoms. The number of rotatable bonds is 5. The highest BCUT2D eigenvalue weighted by molar-refractivity contribution is 5.85. The van der Waals surface area contributed by atoms with Gasteiger partial charge in [0.25, 0.3) is 0 Å². The summed E-state index contributed by atoms with van der Waals surface area (Å²) in [5.41, 5.74) is 0.382. The van der Waals surface area contributed by atoms with Gasteiger partial charge in [-0.3, -0.25) is 4.79 Å². The Kier molecular flexibility index (Phi) is 6.21. The summed E-state index contributed by atoms with van der Waals surface area (Å²) in [6, 6.07) is 8.90. The number of likely N-dealkylation sites (N-methyl/N-ethyl adjacent to an activating group) is 1. The van der Waals surface area contributed by atoms with Crippen LogP contribution in [0.25, 0.3) is 0 Å². The van der Waals surface area contributed by atoms with E-state index in [9.17, 15) is 9.59 Å². The molecule has 0 heterocycles. The molecule has 0 aliphatic carbocycles. The quantitative estimate of drug-likeness (QED) is 0.874. The van der Waals surface area contributed by atoms with Crippen LogP contribution in [0.1, 0.15) is 33.3 Å². The Morgan fingerprint density at radius 1 is 1.19 bits per heavy atom. The van der Waals surface area contributed by atoms with E-state index < -0.39 is 17.7 Å². The number of benzene rings is 1. The van der Waals surface area contributed by atoms with Crippen molar-refractivity contribution in [3.05, 3.63) is 35.9 Å². The number of nitrogens with one attached hydrogen (secondary N) is 2. The van der Waals surface area contributed by atoms with Gasteiger partial charge >= 0.3 is 6.09 Å². The molecular formula is C16H24N2O3. The van der Waals surface area contributed by atoms with E-state index in [2.05, 4.69) is 10.6 Å². The van der Waals surface area contributed by atoms with Crippen LogP contribution in [0.5, 0.6) is 0 Å². The fraction of sp³-hybridized carbons (Fsp3) is 0.500. The van der Waals surface area contributed by atoms with Gasteiger partial charge in [-0.25, -0.2) is 4.79 Å². The third-order valence-corrected chi connectivity index (χ3v) is 2.64. The minimum atomic E-state index is -0.651. The fourth-order valence-corrected chi connectivity index (χ4v) is 1.81. The molecule has 1 atom stereocenters. The van der Waals surface area contributed by atoms with E-state index in [-0.39, 0.29) is 5.91 Å². The van der Waals surface area contributed by atoms with E-state index in [0.717, 1.165) is 5.56 Å². The van der Waals surface area contributed by atoms with Crippen molar-refractivity contribution in [2.24, 2.45) is 0 Å². The first-order chi connectivity index (χ1) is 9.81. The fourth-order valence-electron chi connectivity index (χ4n) is 1.81. The zero-order chi connectivity index (χ0) is 15.9. The number of alkyl carbamates (subject to hydrolysis) is 1. The normalized spacial score (nSPS) is 12.4. The number of carbonyl (C=O) groups is 2. The molecule has 0 aliphatic heterocycles. The Morgan fingerprint density at radius 3 is 2.33 bits per heavy atom. The lowest BCUT2D eigenvalue weighted by Gasteiger charge is -2.23. The third kappa shape index (κ3) is 6.79. The molecule has 2 amide bonds. The molecule has 0 radical (unpaired) electrons. The van der Waals surface area contributed by atoms with Crippen molar-refractivity contribution in [1.82, 2.24) is 10.6 Å². The second-order valence-corrected chi connectivity index (χ2v) is 5.78. The average Bonchev–Trinajstić information content (AvgIpc) is 2.37. The summed E-state index contributed by atoms with van der Waals surface area (Å²) in [5, 5.41) is 5.36. The Morgan fingerprint density at radius 2 is 1.81 bits per heavy atom.